The molecule has 2 aromatic carbocycles. The van der Waals surface area contributed by atoms with E-state index in [0.717, 1.165) is 16.1 Å². The first-order valence-electron chi connectivity index (χ1n) is 8.30. The molecule has 0 aliphatic carbocycles. The summed E-state index contributed by atoms with van der Waals surface area (Å²) in [6.45, 7) is 1.48. The number of sulfonamides is 1. The van der Waals surface area contributed by atoms with Gasteiger partial charge in [-0.05, 0) is 37.3 Å². The standard InChI is InChI=1S/C19H24N2O5S/c1-14(17-7-5-6-8-18(17)26-3)20-19(22)13-21(27(4,23)24)15-9-11-16(25-2)12-10-15/h5-12,14H,13H2,1-4H3,(H,20,22)/t14-/m1/s1. The fourth-order valence-electron chi connectivity index (χ4n) is 2.67. The number of para-hydroxylation sites is 1. The maximum Gasteiger partial charge on any atom is 0.241 e. The summed E-state index contributed by atoms with van der Waals surface area (Å²) in [5.41, 5.74) is 1.20. The van der Waals surface area contributed by atoms with Crippen LogP contribution in [0.3, 0.4) is 0 Å². The average molecular weight is 392 g/mol. The Hall–Kier alpha value is -2.74. The molecule has 2 rings (SSSR count). The average Bonchev–Trinajstić information content (AvgIpc) is 2.65. The van der Waals surface area contributed by atoms with Gasteiger partial charge in [-0.2, -0.15) is 0 Å². The molecule has 0 heterocycles. The molecule has 1 atom stereocenters. The number of hydrogen-bond acceptors (Lipinski definition) is 5. The second-order valence-corrected chi connectivity index (χ2v) is 7.91. The molecule has 8 heteroatoms. The van der Waals surface area contributed by atoms with Gasteiger partial charge < -0.3 is 14.8 Å². The van der Waals surface area contributed by atoms with Gasteiger partial charge in [-0.15, -0.1) is 0 Å². The summed E-state index contributed by atoms with van der Waals surface area (Å²) in [6.07, 6.45) is 1.06. The van der Waals surface area contributed by atoms with Gasteiger partial charge in [0.05, 0.1) is 32.2 Å². The van der Waals surface area contributed by atoms with Crippen LogP contribution in [0.4, 0.5) is 5.69 Å². The van der Waals surface area contributed by atoms with E-state index in [0.29, 0.717) is 17.2 Å². The molecule has 0 radical (unpaired) electrons. The van der Waals surface area contributed by atoms with Gasteiger partial charge in [0.1, 0.15) is 18.0 Å². The molecular formula is C19H24N2O5S. The smallest absolute Gasteiger partial charge is 0.241 e. The topological polar surface area (TPSA) is 84.9 Å². The van der Waals surface area contributed by atoms with Crippen LogP contribution in [0, 0.1) is 0 Å². The second kappa shape index (κ2) is 8.77. The summed E-state index contributed by atoms with van der Waals surface area (Å²) < 4.78 is 35.8. The van der Waals surface area contributed by atoms with Crippen molar-refractivity contribution in [3.8, 4) is 11.5 Å². The number of hydrogen-bond donors (Lipinski definition) is 1. The Balaban J connectivity index is 2.16. The van der Waals surface area contributed by atoms with E-state index in [-0.39, 0.29) is 12.6 Å². The number of nitrogens with one attached hydrogen (secondary N) is 1. The first kappa shape index (κ1) is 20.6. The summed E-state index contributed by atoms with van der Waals surface area (Å²) in [6, 6.07) is 13.5. The highest BCUT2D eigenvalue weighted by Crippen LogP contribution is 2.25. The largest absolute Gasteiger partial charge is 0.497 e. The lowest BCUT2D eigenvalue weighted by atomic mass is 10.1. The Bertz CT molecular complexity index is 881. The van der Waals surface area contributed by atoms with Crippen molar-refractivity contribution in [1.82, 2.24) is 5.32 Å². The molecule has 1 amide bonds. The van der Waals surface area contributed by atoms with E-state index < -0.39 is 15.9 Å². The minimum Gasteiger partial charge on any atom is -0.497 e. The fraction of sp³-hybridized carbons (Fsp3) is 0.316. The Kier molecular flexibility index (Phi) is 6.68. The monoisotopic (exact) mass is 392 g/mol. The third-order valence-corrected chi connectivity index (χ3v) is 5.17. The number of carbonyl (C=O) groups is 1. The molecule has 0 aromatic heterocycles. The Labute approximate surface area is 160 Å². The lowest BCUT2D eigenvalue weighted by Gasteiger charge is -2.24. The predicted octanol–water partition coefficient (Wildman–Crippen LogP) is 2.35. The second-order valence-electron chi connectivity index (χ2n) is 6.00. The van der Waals surface area contributed by atoms with Gasteiger partial charge in [0.15, 0.2) is 0 Å². The van der Waals surface area contributed by atoms with Crippen molar-refractivity contribution in [1.29, 1.82) is 0 Å². The minimum absolute atomic E-state index is 0.329. The Morgan fingerprint density at radius 1 is 1.07 bits per heavy atom. The predicted molar refractivity (Wildman–Crippen MR) is 105 cm³/mol. The molecule has 0 spiro atoms. The van der Waals surface area contributed by atoms with Crippen LogP contribution in [0.2, 0.25) is 0 Å². The molecule has 0 saturated heterocycles. The molecule has 7 nitrogen and oxygen atoms in total. The normalized spacial score (nSPS) is 12.1. The zero-order chi connectivity index (χ0) is 20.0. The molecule has 0 unspecified atom stereocenters. The van der Waals surface area contributed by atoms with E-state index in [2.05, 4.69) is 5.32 Å². The Morgan fingerprint density at radius 3 is 2.26 bits per heavy atom. The molecular weight excluding hydrogens is 368 g/mol. The number of amides is 1. The van der Waals surface area contributed by atoms with E-state index in [1.807, 2.05) is 25.1 Å². The molecule has 0 saturated carbocycles. The van der Waals surface area contributed by atoms with Crippen LogP contribution < -0.4 is 19.1 Å². The van der Waals surface area contributed by atoms with Crippen molar-refractivity contribution < 1.29 is 22.7 Å². The van der Waals surface area contributed by atoms with Gasteiger partial charge in [0, 0.05) is 5.56 Å². The minimum atomic E-state index is -3.64. The third kappa shape index (κ3) is 5.37. The van der Waals surface area contributed by atoms with E-state index in [1.54, 1.807) is 37.4 Å². The van der Waals surface area contributed by atoms with Crippen LogP contribution in [-0.2, 0) is 14.8 Å². The number of ether oxygens (including phenoxy) is 2. The highest BCUT2D eigenvalue weighted by atomic mass is 32.2. The van der Waals surface area contributed by atoms with Crippen molar-refractivity contribution in [3.05, 3.63) is 54.1 Å². The van der Waals surface area contributed by atoms with Gasteiger partial charge in [-0.3, -0.25) is 9.10 Å². The van der Waals surface area contributed by atoms with Gasteiger partial charge in [0.2, 0.25) is 15.9 Å². The summed E-state index contributed by atoms with van der Waals surface area (Å²) in [4.78, 5) is 12.5. The zero-order valence-electron chi connectivity index (χ0n) is 15.8. The molecule has 0 aliphatic rings. The molecule has 0 fully saturated rings. The summed E-state index contributed by atoms with van der Waals surface area (Å²) in [5, 5.41) is 2.82. The maximum absolute atomic E-state index is 12.5. The number of carbonyl (C=O) groups excluding carboxylic acids is 1. The Morgan fingerprint density at radius 2 is 1.70 bits per heavy atom. The van der Waals surface area contributed by atoms with E-state index in [9.17, 15) is 13.2 Å². The summed E-state index contributed by atoms with van der Waals surface area (Å²) >= 11 is 0. The quantitative estimate of drug-likeness (QED) is 0.745. The molecule has 2 aromatic rings. The van der Waals surface area contributed by atoms with Crippen molar-refractivity contribution >= 4 is 21.6 Å². The molecule has 1 N–H and O–H groups in total. The lowest BCUT2D eigenvalue weighted by molar-refractivity contribution is -0.120. The summed E-state index contributed by atoms with van der Waals surface area (Å²) in [7, 11) is -0.557. The SMILES string of the molecule is COc1ccc(N(CC(=O)N[C@H](C)c2ccccc2OC)S(C)(=O)=O)cc1. The molecule has 0 aliphatic heterocycles. The number of rotatable bonds is 8. The van der Waals surface area contributed by atoms with Crippen LogP contribution in [0.15, 0.2) is 48.5 Å². The zero-order valence-corrected chi connectivity index (χ0v) is 16.6. The van der Waals surface area contributed by atoms with Gasteiger partial charge in [-0.25, -0.2) is 8.42 Å². The molecule has 0 bridgehead atoms. The van der Waals surface area contributed by atoms with Gasteiger partial charge >= 0.3 is 0 Å². The van der Waals surface area contributed by atoms with Gasteiger partial charge in [0.25, 0.3) is 0 Å². The van der Waals surface area contributed by atoms with Crippen LogP contribution in [0.1, 0.15) is 18.5 Å². The van der Waals surface area contributed by atoms with Crippen LogP contribution in [-0.4, -0.2) is 41.3 Å². The maximum atomic E-state index is 12.5. The van der Waals surface area contributed by atoms with E-state index >= 15 is 0 Å². The first-order valence-corrected chi connectivity index (χ1v) is 10.1. The van der Waals surface area contributed by atoms with E-state index in [4.69, 9.17) is 9.47 Å². The van der Waals surface area contributed by atoms with Crippen LogP contribution in [0.5, 0.6) is 11.5 Å². The third-order valence-electron chi connectivity index (χ3n) is 4.03. The first-order chi connectivity index (χ1) is 12.8. The molecule has 146 valence electrons. The van der Waals surface area contributed by atoms with Crippen LogP contribution >= 0.6 is 0 Å². The number of benzene rings is 2. The number of methoxy groups -OCH3 is 2. The number of nitrogens with zero attached hydrogens (tertiary/aromatic N) is 1. The van der Waals surface area contributed by atoms with E-state index in [1.165, 1.54) is 7.11 Å². The summed E-state index contributed by atoms with van der Waals surface area (Å²) in [5.74, 6) is 0.830. The van der Waals surface area contributed by atoms with Crippen molar-refractivity contribution in [2.75, 3.05) is 31.3 Å². The number of anilines is 1. The highest BCUT2D eigenvalue weighted by Gasteiger charge is 2.22. The van der Waals surface area contributed by atoms with Crippen molar-refractivity contribution in [2.45, 2.75) is 13.0 Å². The van der Waals surface area contributed by atoms with Crippen molar-refractivity contribution in [2.24, 2.45) is 0 Å². The van der Waals surface area contributed by atoms with Gasteiger partial charge in [-0.1, -0.05) is 18.2 Å². The lowest BCUT2D eigenvalue weighted by Crippen LogP contribution is -2.41. The molecule has 27 heavy (non-hydrogen) atoms. The highest BCUT2D eigenvalue weighted by molar-refractivity contribution is 7.92. The van der Waals surface area contributed by atoms with Crippen LogP contribution in [0.25, 0.3) is 0 Å². The fourth-order valence-corrected chi connectivity index (χ4v) is 3.52. The van der Waals surface area contributed by atoms with Crippen molar-refractivity contribution in [3.63, 3.8) is 0 Å².